The van der Waals surface area contributed by atoms with Crippen LogP contribution in [-0.4, -0.2) is 64.5 Å². The predicted molar refractivity (Wildman–Crippen MR) is 63.6 cm³/mol. The van der Waals surface area contributed by atoms with Crippen molar-refractivity contribution in [1.82, 2.24) is 0 Å². The molecule has 0 fully saturated rings. The molecule has 0 rings (SSSR count). The van der Waals surface area contributed by atoms with Crippen molar-refractivity contribution in [3.63, 3.8) is 0 Å². The van der Waals surface area contributed by atoms with Crippen molar-refractivity contribution in [2.45, 2.75) is 0 Å². The Bertz CT molecular complexity index is 116. The van der Waals surface area contributed by atoms with Crippen molar-refractivity contribution in [3.05, 3.63) is 46.0 Å². The molecule has 0 saturated carbocycles. The van der Waals surface area contributed by atoms with Gasteiger partial charge in [-0.2, -0.15) is 0 Å². The van der Waals surface area contributed by atoms with E-state index in [1.807, 2.05) is 0 Å². The monoisotopic (exact) mass is 514 g/mol. The summed E-state index contributed by atoms with van der Waals surface area (Å²) in [6, 6.07) is 0. The molecule has 0 atom stereocenters. The Morgan fingerprint density at radius 1 is 0.364 bits per heavy atom. The van der Waals surface area contributed by atoms with Crippen molar-refractivity contribution in [2.75, 3.05) is 0 Å². The molecule has 0 aromatic carbocycles. The predicted octanol–water partition coefficient (Wildman–Crippen LogP) is -8.14. The number of nitrogens with zero attached hydrogens (tertiary/aromatic N) is 3. The molecule has 22 heteroatoms. The zero-order valence-electron chi connectivity index (χ0n) is 9.80. The summed E-state index contributed by atoms with van der Waals surface area (Å²) in [6.07, 6.45) is 0. The first kappa shape index (κ1) is 139. The standard InChI is InChI=1S/Er.3NO3.9H2O/c;3*2-1(3)4;;;;;;;;;/h;;;;9*1H2/q+3;3*-1;;;;;;;;;. The van der Waals surface area contributed by atoms with Gasteiger partial charge in [-0.05, 0) is 0 Å². The first-order chi connectivity index (χ1) is 5.20. The van der Waals surface area contributed by atoms with E-state index in [0.717, 1.165) is 0 Å². The Morgan fingerprint density at radius 2 is 0.364 bits per heavy atom. The molecule has 153 valence electrons. The van der Waals surface area contributed by atoms with Gasteiger partial charge in [0, 0.05) is 0 Å². The minimum atomic E-state index is -1.75. The van der Waals surface area contributed by atoms with Crippen molar-refractivity contribution >= 4 is 0 Å². The van der Waals surface area contributed by atoms with E-state index >= 15 is 0 Å². The minimum absolute atomic E-state index is 0. The third-order valence-corrected chi connectivity index (χ3v) is 0. The van der Waals surface area contributed by atoms with Crippen molar-refractivity contribution in [2.24, 2.45) is 0 Å². The van der Waals surface area contributed by atoms with Gasteiger partial charge in [0.2, 0.25) is 0 Å². The van der Waals surface area contributed by atoms with Crippen LogP contribution in [0.2, 0.25) is 0 Å². The fraction of sp³-hybridized carbons (Fsp3) is 0. The van der Waals surface area contributed by atoms with Gasteiger partial charge in [-0.3, -0.25) is 0 Å². The molecule has 0 saturated heterocycles. The van der Waals surface area contributed by atoms with E-state index in [2.05, 4.69) is 0 Å². The summed E-state index contributed by atoms with van der Waals surface area (Å²) < 4.78 is 0. The van der Waals surface area contributed by atoms with Crippen LogP contribution in [0.3, 0.4) is 0 Å². The van der Waals surface area contributed by atoms with Gasteiger partial charge in [-0.15, -0.1) is 0 Å². The molecule has 21 nitrogen and oxygen atoms in total. The van der Waals surface area contributed by atoms with E-state index < -0.39 is 15.3 Å². The van der Waals surface area contributed by atoms with E-state index in [1.165, 1.54) is 0 Å². The molecule has 0 spiro atoms. The van der Waals surface area contributed by atoms with E-state index in [0.29, 0.717) is 0 Å². The molecule has 18 N–H and O–H groups in total. The number of rotatable bonds is 0. The first-order valence-electron chi connectivity index (χ1n) is 1.64. The Hall–Kier alpha value is -1.51. The van der Waals surface area contributed by atoms with Crippen LogP contribution in [0.5, 0.6) is 0 Å². The average molecular weight is 515 g/mol. The topological polar surface area (TPSA) is 482 Å². The van der Waals surface area contributed by atoms with Gasteiger partial charge < -0.3 is 95.3 Å². The Kier molecular flexibility index (Phi) is 750. The van der Waals surface area contributed by atoms with E-state index in [4.69, 9.17) is 46.0 Å². The van der Waals surface area contributed by atoms with Crippen molar-refractivity contribution in [1.29, 1.82) is 0 Å². The molecule has 0 aliphatic carbocycles. The smallest absolute Gasteiger partial charge is 0.412 e. The maximum absolute atomic E-state index is 8.25. The summed E-state index contributed by atoms with van der Waals surface area (Å²) in [5, 5.41) is 44.2. The van der Waals surface area contributed by atoms with Gasteiger partial charge in [0.25, 0.3) is 0 Å². The Labute approximate surface area is 148 Å². The third-order valence-electron chi connectivity index (χ3n) is 0. The van der Waals surface area contributed by atoms with Crippen LogP contribution in [0.1, 0.15) is 0 Å². The summed E-state index contributed by atoms with van der Waals surface area (Å²) in [5.74, 6) is 0. The molecule has 22 heavy (non-hydrogen) atoms. The second-order valence-electron chi connectivity index (χ2n) is 0.671. The Balaban J connectivity index is -0.00000000409. The molecule has 0 bridgehead atoms. The van der Waals surface area contributed by atoms with Gasteiger partial charge >= 0.3 is 37.3 Å². The summed E-state index contributed by atoms with van der Waals surface area (Å²) in [6.45, 7) is 0. The fourth-order valence-electron chi connectivity index (χ4n) is 0. The minimum Gasteiger partial charge on any atom is -0.412 e. The molecule has 0 aliphatic rings. The molecule has 0 amide bonds. The zero-order valence-corrected chi connectivity index (χ0v) is 11.7. The maximum Gasteiger partial charge on any atom is 3.00 e. The molecule has 0 aromatic heterocycles. The number of hydrogen-bond donors (Lipinski definition) is 0. The van der Waals surface area contributed by atoms with E-state index in [9.17, 15) is 0 Å². The van der Waals surface area contributed by atoms with E-state index in [-0.39, 0.29) is 86.6 Å². The molecular formula is H18ErN3O18. The summed E-state index contributed by atoms with van der Waals surface area (Å²) in [7, 11) is 0. The van der Waals surface area contributed by atoms with Gasteiger partial charge in [0.05, 0.1) is 15.3 Å². The van der Waals surface area contributed by atoms with E-state index in [1.54, 1.807) is 0 Å². The molecule has 0 aromatic rings. The average Bonchev–Trinajstić information content (AvgIpc) is 1.54. The zero-order chi connectivity index (χ0) is 10.7. The van der Waals surface area contributed by atoms with Gasteiger partial charge in [-0.1, -0.05) is 0 Å². The van der Waals surface area contributed by atoms with Crippen LogP contribution in [0.4, 0.5) is 0 Å². The quantitative estimate of drug-likeness (QED) is 0.218. The summed E-state index contributed by atoms with van der Waals surface area (Å²) in [4.78, 5) is 24.8. The van der Waals surface area contributed by atoms with Crippen molar-refractivity contribution < 1.29 is 102 Å². The van der Waals surface area contributed by atoms with Crippen LogP contribution in [0.25, 0.3) is 0 Å². The summed E-state index contributed by atoms with van der Waals surface area (Å²) >= 11 is 0. The van der Waals surface area contributed by atoms with Crippen LogP contribution >= 0.6 is 0 Å². The second-order valence-corrected chi connectivity index (χ2v) is 0.671. The van der Waals surface area contributed by atoms with Gasteiger partial charge in [0.15, 0.2) is 0 Å². The fourth-order valence-corrected chi connectivity index (χ4v) is 0. The van der Waals surface area contributed by atoms with Crippen LogP contribution < -0.4 is 0 Å². The number of hydrogen-bond acceptors (Lipinski definition) is 9. The molecule has 0 aliphatic heterocycles. The molecule has 0 unspecified atom stereocenters. The van der Waals surface area contributed by atoms with Gasteiger partial charge in [0.1, 0.15) is 0 Å². The van der Waals surface area contributed by atoms with Crippen LogP contribution in [0, 0.1) is 83.3 Å². The molecule has 1 radical (unpaired) electrons. The molecule has 0 heterocycles. The third kappa shape index (κ3) is 2470. The van der Waals surface area contributed by atoms with Gasteiger partial charge in [-0.25, -0.2) is 0 Å². The SMILES string of the molecule is O.O.O.O.O.O.O.O.O.O=[N+]([O-])[O-].O=[N+]([O-])[O-].O=[N+]([O-])[O-].[Er+3]. The normalized spacial score (nSPS) is 3.27. The second kappa shape index (κ2) is 119. The summed E-state index contributed by atoms with van der Waals surface area (Å²) in [5.41, 5.74) is 0. The van der Waals surface area contributed by atoms with Crippen LogP contribution in [0.15, 0.2) is 0 Å². The Morgan fingerprint density at radius 3 is 0.364 bits per heavy atom. The van der Waals surface area contributed by atoms with Crippen molar-refractivity contribution in [3.8, 4) is 0 Å². The molecular weight excluding hydrogens is 497 g/mol. The maximum atomic E-state index is 8.25. The van der Waals surface area contributed by atoms with Crippen LogP contribution in [-0.2, 0) is 0 Å². The first-order valence-corrected chi connectivity index (χ1v) is 1.64. The largest absolute Gasteiger partial charge is 3.00 e.